The van der Waals surface area contributed by atoms with Crippen molar-refractivity contribution in [2.24, 2.45) is 7.05 Å². The largest absolute Gasteiger partial charge is 0.298 e. The molecule has 19 heavy (non-hydrogen) atoms. The zero-order valence-corrected chi connectivity index (χ0v) is 11.4. The number of carbonyl (C=O) groups excluding carboxylic acids is 1. The predicted molar refractivity (Wildman–Crippen MR) is 70.9 cm³/mol. The summed E-state index contributed by atoms with van der Waals surface area (Å²) in [6, 6.07) is 6.00. The van der Waals surface area contributed by atoms with Crippen LogP contribution in [-0.4, -0.2) is 24.5 Å². The van der Waals surface area contributed by atoms with Crippen LogP contribution in [0.5, 0.6) is 0 Å². The molecule has 0 aliphatic carbocycles. The van der Waals surface area contributed by atoms with E-state index in [2.05, 4.69) is 9.82 Å². The number of nitrogens with one attached hydrogen (secondary N) is 1. The molecule has 1 N–H and O–H groups in total. The molecule has 0 spiro atoms. The number of rotatable bonds is 4. The number of nitrogens with zero attached hydrogens (tertiary/aromatic N) is 2. The lowest BCUT2D eigenvalue weighted by atomic mass is 10.2. The van der Waals surface area contributed by atoms with Crippen molar-refractivity contribution >= 4 is 33.6 Å². The van der Waals surface area contributed by atoms with Gasteiger partial charge in [0.1, 0.15) is 6.29 Å². The predicted octanol–water partition coefficient (Wildman–Crippen LogP) is 1.69. The van der Waals surface area contributed by atoms with E-state index in [1.165, 1.54) is 42.2 Å². The van der Waals surface area contributed by atoms with Gasteiger partial charge in [-0.1, -0.05) is 11.6 Å². The minimum Gasteiger partial charge on any atom is -0.298 e. The number of benzene rings is 1. The van der Waals surface area contributed by atoms with Crippen molar-refractivity contribution in [3.05, 3.63) is 41.0 Å². The highest BCUT2D eigenvalue weighted by Gasteiger charge is 2.22. The zero-order chi connectivity index (χ0) is 14.0. The Balaban J connectivity index is 2.33. The van der Waals surface area contributed by atoms with E-state index in [0.29, 0.717) is 17.5 Å². The molecule has 0 radical (unpaired) electrons. The first-order chi connectivity index (χ1) is 8.94. The molecule has 0 fully saturated rings. The Kier molecular flexibility index (Phi) is 3.59. The molecular formula is C11H10ClN3O3S. The number of halogens is 1. The Morgan fingerprint density at radius 3 is 2.42 bits per heavy atom. The second-order valence-corrected chi connectivity index (χ2v) is 5.77. The van der Waals surface area contributed by atoms with Gasteiger partial charge in [-0.15, -0.1) is 0 Å². The molecule has 2 aromatic rings. The normalized spacial score (nSPS) is 11.3. The van der Waals surface area contributed by atoms with E-state index in [1.54, 1.807) is 0 Å². The van der Waals surface area contributed by atoms with E-state index in [-0.39, 0.29) is 10.0 Å². The average molecular weight is 300 g/mol. The molecule has 1 aromatic heterocycles. The van der Waals surface area contributed by atoms with Crippen molar-refractivity contribution in [2.45, 2.75) is 5.03 Å². The Labute approximate surface area is 115 Å². The minimum absolute atomic E-state index is 0.0412. The molecule has 100 valence electrons. The number of aromatic nitrogens is 2. The molecule has 8 heteroatoms. The van der Waals surface area contributed by atoms with Crippen LogP contribution in [0.3, 0.4) is 0 Å². The quantitative estimate of drug-likeness (QED) is 0.871. The first-order valence-electron chi connectivity index (χ1n) is 5.19. The zero-order valence-electron chi connectivity index (χ0n) is 9.87. The molecule has 0 amide bonds. The summed E-state index contributed by atoms with van der Waals surface area (Å²) in [5, 5.41) is 3.69. The van der Waals surface area contributed by atoms with Crippen LogP contribution in [0.4, 0.5) is 5.69 Å². The van der Waals surface area contributed by atoms with Crippen molar-refractivity contribution in [3.8, 4) is 0 Å². The van der Waals surface area contributed by atoms with Gasteiger partial charge >= 0.3 is 0 Å². The summed E-state index contributed by atoms with van der Waals surface area (Å²) < 4.78 is 27.8. The fraction of sp³-hybridized carbons (Fsp3) is 0.0909. The first kappa shape index (κ1) is 13.6. The molecule has 1 heterocycles. The number of carbonyl (C=O) groups is 1. The van der Waals surface area contributed by atoms with Crippen molar-refractivity contribution < 1.29 is 13.2 Å². The SMILES string of the molecule is Cn1ncc(Cl)c1S(=O)(=O)Nc1ccc(C=O)cc1. The smallest absolute Gasteiger partial charge is 0.280 e. The third kappa shape index (κ3) is 2.77. The molecule has 0 unspecified atom stereocenters. The number of anilines is 1. The summed E-state index contributed by atoms with van der Waals surface area (Å²) in [4.78, 5) is 10.5. The minimum atomic E-state index is -3.82. The Morgan fingerprint density at radius 1 is 1.32 bits per heavy atom. The van der Waals surface area contributed by atoms with Crippen LogP contribution >= 0.6 is 11.6 Å². The Morgan fingerprint density at radius 2 is 1.95 bits per heavy atom. The Hall–Kier alpha value is -1.86. The standard InChI is InChI=1S/C11H10ClN3O3S/c1-15-11(10(12)6-13-15)19(17,18)14-9-4-2-8(7-16)3-5-9/h2-7,14H,1H3. The van der Waals surface area contributed by atoms with Crippen LogP contribution in [0.15, 0.2) is 35.5 Å². The van der Waals surface area contributed by atoms with Crippen molar-refractivity contribution in [3.63, 3.8) is 0 Å². The highest BCUT2D eigenvalue weighted by atomic mass is 35.5. The van der Waals surface area contributed by atoms with Crippen molar-refractivity contribution in [2.75, 3.05) is 4.72 Å². The number of hydrogen-bond donors (Lipinski definition) is 1. The summed E-state index contributed by atoms with van der Waals surface area (Å²) in [7, 11) is -2.34. The van der Waals surface area contributed by atoms with E-state index in [9.17, 15) is 13.2 Å². The maximum atomic E-state index is 12.1. The van der Waals surface area contributed by atoms with Crippen LogP contribution < -0.4 is 4.72 Å². The highest BCUT2D eigenvalue weighted by molar-refractivity contribution is 7.92. The summed E-state index contributed by atoms with van der Waals surface area (Å²) in [6.45, 7) is 0. The number of sulfonamides is 1. The van der Waals surface area contributed by atoms with Gasteiger partial charge in [-0.05, 0) is 24.3 Å². The fourth-order valence-corrected chi connectivity index (χ4v) is 3.25. The van der Waals surface area contributed by atoms with Gasteiger partial charge in [-0.2, -0.15) is 13.5 Å². The van der Waals surface area contributed by atoms with Crippen LogP contribution in [0.25, 0.3) is 0 Å². The second kappa shape index (κ2) is 5.02. The van der Waals surface area contributed by atoms with E-state index in [1.807, 2.05) is 0 Å². The van der Waals surface area contributed by atoms with Gasteiger partial charge in [0.15, 0.2) is 5.03 Å². The van der Waals surface area contributed by atoms with E-state index in [0.717, 1.165) is 0 Å². The van der Waals surface area contributed by atoms with Crippen LogP contribution in [0, 0.1) is 0 Å². The average Bonchev–Trinajstić information content (AvgIpc) is 2.70. The third-order valence-electron chi connectivity index (χ3n) is 2.40. The molecule has 0 saturated carbocycles. The van der Waals surface area contributed by atoms with E-state index in [4.69, 9.17) is 11.6 Å². The molecule has 0 aliphatic heterocycles. The van der Waals surface area contributed by atoms with Crippen LogP contribution in [0.1, 0.15) is 10.4 Å². The maximum absolute atomic E-state index is 12.1. The molecule has 1 aromatic carbocycles. The third-order valence-corrected chi connectivity index (χ3v) is 4.28. The van der Waals surface area contributed by atoms with Gasteiger partial charge < -0.3 is 0 Å². The van der Waals surface area contributed by atoms with Crippen molar-refractivity contribution in [1.29, 1.82) is 0 Å². The van der Waals surface area contributed by atoms with E-state index >= 15 is 0 Å². The second-order valence-electron chi connectivity index (χ2n) is 3.77. The molecular weight excluding hydrogens is 290 g/mol. The van der Waals surface area contributed by atoms with Gasteiger partial charge in [0.05, 0.1) is 11.2 Å². The molecule has 0 aliphatic rings. The number of hydrogen-bond acceptors (Lipinski definition) is 4. The lowest BCUT2D eigenvalue weighted by Gasteiger charge is -2.08. The van der Waals surface area contributed by atoms with Gasteiger partial charge in [0.2, 0.25) is 0 Å². The summed E-state index contributed by atoms with van der Waals surface area (Å²) in [5.74, 6) is 0. The first-order valence-corrected chi connectivity index (χ1v) is 7.06. The van der Waals surface area contributed by atoms with Gasteiger partial charge in [0.25, 0.3) is 10.0 Å². The number of aldehydes is 1. The Bertz CT molecular complexity index is 688. The summed E-state index contributed by atoms with van der Waals surface area (Å²) in [6.07, 6.45) is 1.93. The highest BCUT2D eigenvalue weighted by Crippen LogP contribution is 2.22. The van der Waals surface area contributed by atoms with Crippen LogP contribution in [-0.2, 0) is 17.1 Å². The van der Waals surface area contributed by atoms with Crippen molar-refractivity contribution in [1.82, 2.24) is 9.78 Å². The molecule has 0 saturated heterocycles. The van der Waals surface area contributed by atoms with Crippen LogP contribution in [0.2, 0.25) is 5.02 Å². The maximum Gasteiger partial charge on any atom is 0.280 e. The molecule has 2 rings (SSSR count). The topological polar surface area (TPSA) is 81.1 Å². The van der Waals surface area contributed by atoms with Gasteiger partial charge in [-0.3, -0.25) is 14.2 Å². The summed E-state index contributed by atoms with van der Waals surface area (Å²) >= 11 is 5.79. The van der Waals surface area contributed by atoms with E-state index < -0.39 is 10.0 Å². The molecule has 0 bridgehead atoms. The fourth-order valence-electron chi connectivity index (χ4n) is 1.54. The molecule has 0 atom stereocenters. The summed E-state index contributed by atoms with van der Waals surface area (Å²) in [5.41, 5.74) is 0.796. The number of aryl methyl sites for hydroxylation is 1. The van der Waals surface area contributed by atoms with Gasteiger partial charge in [-0.25, -0.2) is 0 Å². The van der Waals surface area contributed by atoms with Gasteiger partial charge in [0, 0.05) is 18.3 Å². The molecule has 6 nitrogen and oxygen atoms in total. The monoisotopic (exact) mass is 299 g/mol. The lowest BCUT2D eigenvalue weighted by Crippen LogP contribution is -2.17. The lowest BCUT2D eigenvalue weighted by molar-refractivity contribution is 0.112.